The summed E-state index contributed by atoms with van der Waals surface area (Å²) in [5.74, 6) is 0.181. The van der Waals surface area contributed by atoms with E-state index in [2.05, 4.69) is 11.1 Å². The van der Waals surface area contributed by atoms with Gasteiger partial charge in [-0.25, -0.2) is 4.98 Å². The molecule has 0 aliphatic heterocycles. The zero-order valence-electron chi connectivity index (χ0n) is 12.8. The molecule has 1 heterocycles. The number of phenols is 1. The van der Waals surface area contributed by atoms with Gasteiger partial charge in [0.1, 0.15) is 16.8 Å². The van der Waals surface area contributed by atoms with Gasteiger partial charge in [0.05, 0.1) is 11.3 Å². The van der Waals surface area contributed by atoms with Crippen LogP contribution >= 0.6 is 11.3 Å². The minimum Gasteiger partial charge on any atom is -0.507 e. The smallest absolute Gasteiger partial charge is 0.134 e. The van der Waals surface area contributed by atoms with Crippen LogP contribution in [0.5, 0.6) is 5.75 Å². The second-order valence-corrected chi connectivity index (χ2v) is 5.88. The van der Waals surface area contributed by atoms with Crippen LogP contribution in [0.15, 0.2) is 72.1 Å². The van der Waals surface area contributed by atoms with Crippen molar-refractivity contribution in [2.75, 3.05) is 0 Å². The van der Waals surface area contributed by atoms with E-state index in [1.54, 1.807) is 24.3 Å². The van der Waals surface area contributed by atoms with Crippen LogP contribution in [-0.2, 0) is 0 Å². The Morgan fingerprint density at radius 3 is 2.58 bits per heavy atom. The van der Waals surface area contributed by atoms with Gasteiger partial charge < -0.3 is 5.11 Å². The fraction of sp³-hybridized carbons (Fsp3) is 0. The standard InChI is InChI=1S/C20H14N2OS/c21-13-16(10-6-9-15-7-2-1-3-8-15)20-22-18(14-24-20)17-11-4-5-12-19(17)23/h1-12,14,23H/b9-6+,16-10-. The molecule has 0 bridgehead atoms. The van der Waals surface area contributed by atoms with Crippen molar-refractivity contribution in [2.24, 2.45) is 0 Å². The van der Waals surface area contributed by atoms with Crippen LogP contribution in [0, 0.1) is 11.3 Å². The van der Waals surface area contributed by atoms with E-state index >= 15 is 0 Å². The summed E-state index contributed by atoms with van der Waals surface area (Å²) in [6.07, 6.45) is 5.53. The number of thiazole rings is 1. The second kappa shape index (κ2) is 7.40. The zero-order chi connectivity index (χ0) is 16.8. The molecule has 0 atom stereocenters. The number of aromatic hydroxyl groups is 1. The Balaban J connectivity index is 1.85. The minimum absolute atomic E-state index is 0.181. The largest absolute Gasteiger partial charge is 0.507 e. The first kappa shape index (κ1) is 15.7. The molecule has 0 unspecified atom stereocenters. The molecule has 0 radical (unpaired) electrons. The molecule has 24 heavy (non-hydrogen) atoms. The summed E-state index contributed by atoms with van der Waals surface area (Å²) in [6.45, 7) is 0. The fourth-order valence-corrected chi connectivity index (χ4v) is 2.98. The molecule has 3 nitrogen and oxygen atoms in total. The van der Waals surface area contributed by atoms with E-state index in [1.165, 1.54) is 11.3 Å². The first-order chi connectivity index (χ1) is 11.8. The predicted octanol–water partition coefficient (Wildman–Crippen LogP) is 5.14. The van der Waals surface area contributed by atoms with E-state index in [0.29, 0.717) is 21.8 Å². The average Bonchev–Trinajstić information content (AvgIpc) is 3.10. The van der Waals surface area contributed by atoms with Crippen molar-refractivity contribution >= 4 is 23.0 Å². The highest BCUT2D eigenvalue weighted by atomic mass is 32.1. The molecule has 4 heteroatoms. The van der Waals surface area contributed by atoms with Gasteiger partial charge >= 0.3 is 0 Å². The number of phenolic OH excluding ortho intramolecular Hbond substituents is 1. The van der Waals surface area contributed by atoms with E-state index in [1.807, 2.05) is 53.9 Å². The number of aromatic nitrogens is 1. The Bertz CT molecular complexity index is 934. The van der Waals surface area contributed by atoms with Crippen molar-refractivity contribution in [1.82, 2.24) is 4.98 Å². The van der Waals surface area contributed by atoms with E-state index in [9.17, 15) is 10.4 Å². The Hall–Kier alpha value is -3.16. The second-order valence-electron chi connectivity index (χ2n) is 5.02. The lowest BCUT2D eigenvalue weighted by molar-refractivity contribution is 0.477. The first-order valence-corrected chi connectivity index (χ1v) is 8.23. The minimum atomic E-state index is 0.181. The highest BCUT2D eigenvalue weighted by Gasteiger charge is 2.10. The third kappa shape index (κ3) is 3.60. The van der Waals surface area contributed by atoms with Gasteiger partial charge in [0.2, 0.25) is 0 Å². The maximum Gasteiger partial charge on any atom is 0.134 e. The van der Waals surface area contributed by atoms with E-state index in [0.717, 1.165) is 5.56 Å². The van der Waals surface area contributed by atoms with E-state index < -0.39 is 0 Å². The summed E-state index contributed by atoms with van der Waals surface area (Å²) in [4.78, 5) is 4.47. The lowest BCUT2D eigenvalue weighted by Gasteiger charge is -1.99. The average molecular weight is 330 g/mol. The van der Waals surface area contributed by atoms with Crippen LogP contribution in [0.25, 0.3) is 22.9 Å². The maximum atomic E-state index is 9.91. The van der Waals surface area contributed by atoms with Crippen molar-refractivity contribution < 1.29 is 5.11 Å². The first-order valence-electron chi connectivity index (χ1n) is 7.35. The van der Waals surface area contributed by atoms with Gasteiger partial charge in [-0.1, -0.05) is 54.6 Å². The molecule has 0 fully saturated rings. The predicted molar refractivity (Wildman–Crippen MR) is 98.3 cm³/mol. The summed E-state index contributed by atoms with van der Waals surface area (Å²) in [7, 11) is 0. The monoisotopic (exact) mass is 330 g/mol. The van der Waals surface area contributed by atoms with Crippen molar-refractivity contribution in [3.05, 3.63) is 82.7 Å². The highest BCUT2D eigenvalue weighted by Crippen LogP contribution is 2.31. The number of hydrogen-bond acceptors (Lipinski definition) is 4. The molecule has 0 aliphatic rings. The molecule has 3 rings (SSSR count). The van der Waals surface area contributed by atoms with Crippen LogP contribution in [-0.4, -0.2) is 10.1 Å². The maximum absolute atomic E-state index is 9.91. The molecule has 0 spiro atoms. The normalized spacial score (nSPS) is 11.5. The zero-order valence-corrected chi connectivity index (χ0v) is 13.6. The summed E-state index contributed by atoms with van der Waals surface area (Å²) >= 11 is 1.39. The highest BCUT2D eigenvalue weighted by molar-refractivity contribution is 7.11. The van der Waals surface area contributed by atoms with Crippen LogP contribution < -0.4 is 0 Å². The number of benzene rings is 2. The number of allylic oxidation sites excluding steroid dienone is 3. The van der Waals surface area contributed by atoms with Crippen molar-refractivity contribution in [2.45, 2.75) is 0 Å². The lowest BCUT2D eigenvalue weighted by atomic mass is 10.1. The van der Waals surface area contributed by atoms with Crippen LogP contribution in [0.3, 0.4) is 0 Å². The van der Waals surface area contributed by atoms with Gasteiger partial charge in [-0.05, 0) is 23.8 Å². The SMILES string of the molecule is N#C/C(=C/C=C/c1ccccc1)c1nc(-c2ccccc2O)cs1. The molecule has 0 amide bonds. The topological polar surface area (TPSA) is 56.9 Å². The van der Waals surface area contributed by atoms with Crippen molar-refractivity contribution in [3.63, 3.8) is 0 Å². The molecule has 116 valence electrons. The third-order valence-corrected chi connectivity index (χ3v) is 4.26. The number of nitrogens with zero attached hydrogens (tertiary/aromatic N) is 2. The summed E-state index contributed by atoms with van der Waals surface area (Å²) in [6, 6.07) is 19.1. The number of para-hydroxylation sites is 1. The van der Waals surface area contributed by atoms with Gasteiger partial charge in [0.15, 0.2) is 0 Å². The molecule has 2 aromatic carbocycles. The summed E-state index contributed by atoms with van der Waals surface area (Å²) in [5.41, 5.74) is 2.90. The Labute approximate surface area is 144 Å². The molecule has 3 aromatic rings. The molecular formula is C20H14N2OS. The molecule has 0 saturated heterocycles. The van der Waals surface area contributed by atoms with Gasteiger partial charge in [0, 0.05) is 10.9 Å². The number of hydrogen-bond donors (Lipinski definition) is 1. The van der Waals surface area contributed by atoms with E-state index in [-0.39, 0.29) is 5.75 Å². The number of rotatable bonds is 4. The van der Waals surface area contributed by atoms with E-state index in [4.69, 9.17) is 0 Å². The van der Waals surface area contributed by atoms with Gasteiger partial charge in [-0.15, -0.1) is 11.3 Å². The number of nitriles is 1. The lowest BCUT2D eigenvalue weighted by Crippen LogP contribution is -1.82. The Kier molecular flexibility index (Phi) is 4.85. The van der Waals surface area contributed by atoms with Crippen LogP contribution in [0.4, 0.5) is 0 Å². The quantitative estimate of drug-likeness (QED) is 0.532. The molecule has 1 N–H and O–H groups in total. The van der Waals surface area contributed by atoms with Crippen molar-refractivity contribution in [3.8, 4) is 23.1 Å². The van der Waals surface area contributed by atoms with Gasteiger partial charge in [0.25, 0.3) is 0 Å². The summed E-state index contributed by atoms with van der Waals surface area (Å²) in [5, 5.41) is 21.8. The van der Waals surface area contributed by atoms with Crippen LogP contribution in [0.2, 0.25) is 0 Å². The summed E-state index contributed by atoms with van der Waals surface area (Å²) < 4.78 is 0. The molecule has 0 saturated carbocycles. The van der Waals surface area contributed by atoms with Crippen LogP contribution in [0.1, 0.15) is 10.6 Å². The third-order valence-electron chi connectivity index (χ3n) is 3.39. The molecule has 0 aliphatic carbocycles. The Morgan fingerprint density at radius 1 is 1.08 bits per heavy atom. The van der Waals surface area contributed by atoms with Gasteiger partial charge in [-0.2, -0.15) is 5.26 Å². The molecule has 1 aromatic heterocycles. The van der Waals surface area contributed by atoms with Crippen molar-refractivity contribution in [1.29, 1.82) is 5.26 Å². The van der Waals surface area contributed by atoms with Gasteiger partial charge in [-0.3, -0.25) is 0 Å². The molecular weight excluding hydrogens is 316 g/mol. The Morgan fingerprint density at radius 2 is 1.83 bits per heavy atom. The fourth-order valence-electron chi connectivity index (χ4n) is 2.19.